The normalized spacial score (nSPS) is 13.7. The van der Waals surface area contributed by atoms with Crippen molar-refractivity contribution in [2.45, 2.75) is 11.8 Å². The fourth-order valence-corrected chi connectivity index (χ4v) is 5.35. The lowest BCUT2D eigenvalue weighted by Gasteiger charge is -2.31. The maximum atomic E-state index is 14.0. The number of sulfonamides is 1. The number of benzene rings is 3. The second-order valence-electron chi connectivity index (χ2n) is 7.19. The minimum Gasteiger partial charge on any atom is -0.465 e. The van der Waals surface area contributed by atoms with Crippen LogP contribution in [0.1, 0.15) is 15.9 Å². The highest BCUT2D eigenvalue weighted by Crippen LogP contribution is 2.43. The number of halogens is 1. The number of nitrogens with zero attached hydrogens (tertiary/aromatic N) is 1. The van der Waals surface area contributed by atoms with Gasteiger partial charge in [-0.2, -0.15) is 0 Å². The number of amides is 1. The minimum absolute atomic E-state index is 0.00484. The minimum atomic E-state index is -4.06. The maximum Gasteiger partial charge on any atom is 0.338 e. The molecule has 32 heavy (non-hydrogen) atoms. The molecule has 0 aromatic heterocycles. The third kappa shape index (κ3) is 3.60. The summed E-state index contributed by atoms with van der Waals surface area (Å²) in [5.41, 5.74) is 2.09. The maximum absolute atomic E-state index is 14.0. The van der Waals surface area contributed by atoms with Crippen LogP contribution in [0.3, 0.4) is 0 Å². The van der Waals surface area contributed by atoms with E-state index in [-0.39, 0.29) is 16.1 Å². The first-order chi connectivity index (χ1) is 15.2. The van der Waals surface area contributed by atoms with Gasteiger partial charge in [0.25, 0.3) is 10.0 Å². The first-order valence-corrected chi connectivity index (χ1v) is 11.1. The molecule has 7 nitrogen and oxygen atoms in total. The Kier molecular flexibility index (Phi) is 5.43. The number of nitrogens with one attached hydrogen (secondary N) is 1. The molecule has 0 spiro atoms. The molecule has 4 rings (SSSR count). The van der Waals surface area contributed by atoms with E-state index in [1.165, 1.54) is 25.3 Å². The van der Waals surface area contributed by atoms with E-state index in [1.54, 1.807) is 43.3 Å². The molecule has 0 aliphatic carbocycles. The molecule has 1 aliphatic heterocycles. The van der Waals surface area contributed by atoms with Crippen molar-refractivity contribution >= 4 is 33.3 Å². The second kappa shape index (κ2) is 8.08. The van der Waals surface area contributed by atoms with Gasteiger partial charge in [-0.1, -0.05) is 24.3 Å². The summed E-state index contributed by atoms with van der Waals surface area (Å²) in [7, 11) is -2.80. The third-order valence-corrected chi connectivity index (χ3v) is 7.09. The summed E-state index contributed by atoms with van der Waals surface area (Å²) in [6, 6.07) is 14.8. The fourth-order valence-electron chi connectivity index (χ4n) is 3.70. The lowest BCUT2D eigenvalue weighted by molar-refractivity contribution is -0.114. The summed E-state index contributed by atoms with van der Waals surface area (Å²) in [5.74, 6) is -1.68. The summed E-state index contributed by atoms with van der Waals surface area (Å²) in [5, 5.41) is 2.65. The summed E-state index contributed by atoms with van der Waals surface area (Å²) < 4.78 is 46.2. The van der Waals surface area contributed by atoms with Crippen LogP contribution in [-0.2, 0) is 19.6 Å². The quantitative estimate of drug-likeness (QED) is 0.607. The van der Waals surface area contributed by atoms with Crippen molar-refractivity contribution in [2.75, 3.05) is 23.3 Å². The van der Waals surface area contributed by atoms with Crippen molar-refractivity contribution in [3.63, 3.8) is 0 Å². The average molecular weight is 454 g/mol. The van der Waals surface area contributed by atoms with E-state index in [9.17, 15) is 22.4 Å². The van der Waals surface area contributed by atoms with Gasteiger partial charge in [0.05, 0.1) is 23.3 Å². The van der Waals surface area contributed by atoms with E-state index in [0.29, 0.717) is 22.4 Å². The Bertz CT molecular complexity index is 1350. The largest absolute Gasteiger partial charge is 0.465 e. The van der Waals surface area contributed by atoms with Crippen LogP contribution >= 0.6 is 0 Å². The molecule has 1 N–H and O–H groups in total. The lowest BCUT2D eigenvalue weighted by Crippen LogP contribution is -2.40. The number of ether oxygens (including phenoxy) is 1. The third-order valence-electron chi connectivity index (χ3n) is 5.27. The summed E-state index contributed by atoms with van der Waals surface area (Å²) >= 11 is 0. The van der Waals surface area contributed by atoms with Gasteiger partial charge in [0, 0.05) is 16.8 Å². The Morgan fingerprint density at radius 1 is 1.03 bits per heavy atom. The van der Waals surface area contributed by atoms with Crippen LogP contribution in [0.5, 0.6) is 0 Å². The number of hydrogen-bond donors (Lipinski definition) is 1. The molecule has 0 radical (unpaired) electrons. The summed E-state index contributed by atoms with van der Waals surface area (Å²) in [6.45, 7) is 1.12. The molecule has 0 atom stereocenters. The van der Waals surface area contributed by atoms with Crippen molar-refractivity contribution < 1.29 is 27.1 Å². The number of carbonyl (C=O) groups is 2. The molecule has 1 heterocycles. The number of esters is 1. The lowest BCUT2D eigenvalue weighted by atomic mass is 10.0. The standard InChI is InChI=1S/C23H19FN2O5S/c1-14-16(23(28)31-2)7-5-8-19(14)25-22(27)13-26-20-11-10-15(24)12-18(20)17-6-3-4-9-21(17)32(26,29)30/h3-12H,13H2,1-2H3,(H,25,27). The molecule has 0 saturated carbocycles. The topological polar surface area (TPSA) is 92.8 Å². The predicted molar refractivity (Wildman–Crippen MR) is 118 cm³/mol. The molecule has 0 fully saturated rings. The van der Waals surface area contributed by atoms with Gasteiger partial charge in [-0.15, -0.1) is 0 Å². The zero-order chi connectivity index (χ0) is 23.0. The summed E-state index contributed by atoms with van der Waals surface area (Å²) in [6.07, 6.45) is 0. The van der Waals surface area contributed by atoms with Gasteiger partial charge < -0.3 is 10.1 Å². The molecule has 0 bridgehead atoms. The Morgan fingerprint density at radius 3 is 2.53 bits per heavy atom. The zero-order valence-corrected chi connectivity index (χ0v) is 18.1. The van der Waals surface area contributed by atoms with Crippen LogP contribution < -0.4 is 9.62 Å². The van der Waals surface area contributed by atoms with Gasteiger partial charge in [0.2, 0.25) is 5.91 Å². The van der Waals surface area contributed by atoms with Crippen LogP contribution in [-0.4, -0.2) is 33.9 Å². The van der Waals surface area contributed by atoms with Gasteiger partial charge in [-0.25, -0.2) is 17.6 Å². The fraction of sp³-hybridized carbons (Fsp3) is 0.130. The number of carbonyl (C=O) groups excluding carboxylic acids is 2. The van der Waals surface area contributed by atoms with Gasteiger partial charge in [-0.3, -0.25) is 9.10 Å². The Hall–Kier alpha value is -3.72. The van der Waals surface area contributed by atoms with E-state index in [2.05, 4.69) is 5.32 Å². The first kappa shape index (κ1) is 21.5. The molecule has 0 saturated heterocycles. The number of anilines is 2. The van der Waals surface area contributed by atoms with Gasteiger partial charge >= 0.3 is 5.97 Å². The van der Waals surface area contributed by atoms with Crippen molar-refractivity contribution in [1.82, 2.24) is 0 Å². The van der Waals surface area contributed by atoms with Gasteiger partial charge in [-0.05, 0) is 48.9 Å². The molecular weight excluding hydrogens is 435 g/mol. The summed E-state index contributed by atoms with van der Waals surface area (Å²) in [4.78, 5) is 24.8. The van der Waals surface area contributed by atoms with Crippen LogP contribution in [0, 0.1) is 12.7 Å². The Balaban J connectivity index is 1.70. The van der Waals surface area contributed by atoms with Gasteiger partial charge in [0.15, 0.2) is 0 Å². The SMILES string of the molecule is COC(=O)c1cccc(NC(=O)CN2c3ccc(F)cc3-c3ccccc3S2(=O)=O)c1C. The van der Waals surface area contributed by atoms with Gasteiger partial charge in [0.1, 0.15) is 12.4 Å². The van der Waals surface area contributed by atoms with E-state index in [4.69, 9.17) is 4.74 Å². The zero-order valence-electron chi connectivity index (χ0n) is 17.3. The molecule has 164 valence electrons. The number of rotatable bonds is 4. The molecule has 9 heteroatoms. The highest BCUT2D eigenvalue weighted by Gasteiger charge is 2.36. The van der Waals surface area contributed by atoms with Crippen molar-refractivity contribution in [3.8, 4) is 11.1 Å². The highest BCUT2D eigenvalue weighted by atomic mass is 32.2. The molecule has 3 aromatic rings. The van der Waals surface area contributed by atoms with Crippen molar-refractivity contribution in [3.05, 3.63) is 77.6 Å². The van der Waals surface area contributed by atoms with E-state index < -0.39 is 34.3 Å². The predicted octanol–water partition coefficient (Wildman–Crippen LogP) is 3.74. The smallest absolute Gasteiger partial charge is 0.338 e. The molecule has 1 amide bonds. The van der Waals surface area contributed by atoms with Crippen LogP contribution in [0.25, 0.3) is 11.1 Å². The monoisotopic (exact) mass is 454 g/mol. The second-order valence-corrected chi connectivity index (χ2v) is 9.02. The average Bonchev–Trinajstić information content (AvgIpc) is 2.78. The van der Waals surface area contributed by atoms with Crippen LogP contribution in [0.4, 0.5) is 15.8 Å². The van der Waals surface area contributed by atoms with E-state index >= 15 is 0 Å². The highest BCUT2D eigenvalue weighted by molar-refractivity contribution is 7.93. The molecule has 0 unspecified atom stereocenters. The number of methoxy groups -OCH3 is 1. The Labute approximate surface area is 184 Å². The van der Waals surface area contributed by atoms with Crippen LogP contribution in [0.2, 0.25) is 0 Å². The first-order valence-electron chi connectivity index (χ1n) is 9.63. The number of fused-ring (bicyclic) bond motifs is 3. The van der Waals surface area contributed by atoms with Crippen molar-refractivity contribution in [2.24, 2.45) is 0 Å². The molecular formula is C23H19FN2O5S. The molecule has 3 aromatic carbocycles. The molecule has 1 aliphatic rings. The van der Waals surface area contributed by atoms with Crippen LogP contribution in [0.15, 0.2) is 65.6 Å². The van der Waals surface area contributed by atoms with E-state index in [0.717, 1.165) is 10.4 Å². The van der Waals surface area contributed by atoms with E-state index in [1.807, 2.05) is 0 Å². The Morgan fingerprint density at radius 2 is 1.78 bits per heavy atom. The van der Waals surface area contributed by atoms with Crippen molar-refractivity contribution in [1.29, 1.82) is 0 Å². The number of hydrogen-bond acceptors (Lipinski definition) is 5.